The molecule has 0 saturated carbocycles. The van der Waals surface area contributed by atoms with Gasteiger partial charge in [0.2, 0.25) is 0 Å². The van der Waals surface area contributed by atoms with Crippen molar-refractivity contribution >= 4 is 0 Å². The average molecular weight is 162 g/mol. The highest BCUT2D eigenvalue weighted by atomic mass is 19.3. The van der Waals surface area contributed by atoms with Gasteiger partial charge in [0, 0.05) is 7.05 Å². The Balaban J connectivity index is 2.84. The van der Waals surface area contributed by atoms with E-state index in [1.54, 1.807) is 7.05 Å². The fourth-order valence-electron chi connectivity index (χ4n) is 0.782. The minimum absolute atomic E-state index is 0.125. The van der Waals surface area contributed by atoms with Crippen LogP contribution < -0.4 is 0 Å². The Bertz CT molecular complexity index is 236. The van der Waals surface area contributed by atoms with Crippen LogP contribution in [0.25, 0.3) is 0 Å². The van der Waals surface area contributed by atoms with Crippen molar-refractivity contribution in [1.82, 2.24) is 9.55 Å². The Hall–Kier alpha value is -0.970. The molecule has 0 bridgehead atoms. The van der Waals surface area contributed by atoms with Crippen molar-refractivity contribution in [2.75, 3.05) is 0 Å². The van der Waals surface area contributed by atoms with Crippen LogP contribution >= 0.6 is 0 Å². The minimum atomic E-state index is -2.76. The number of hydrogen-bond acceptors (Lipinski definition) is 2. The minimum Gasteiger partial charge on any atom is -0.381 e. The highest BCUT2D eigenvalue weighted by Gasteiger charge is 2.21. The summed E-state index contributed by atoms with van der Waals surface area (Å²) in [5, 5.41) is 8.86. The van der Waals surface area contributed by atoms with Gasteiger partial charge in [0.15, 0.2) is 6.10 Å². The predicted molar refractivity (Wildman–Crippen MR) is 34.2 cm³/mol. The molecule has 1 N–H and O–H groups in total. The first-order valence-corrected chi connectivity index (χ1v) is 3.05. The van der Waals surface area contributed by atoms with E-state index in [0.29, 0.717) is 0 Å². The van der Waals surface area contributed by atoms with E-state index < -0.39 is 12.5 Å². The molecule has 1 rings (SSSR count). The van der Waals surface area contributed by atoms with Gasteiger partial charge in [-0.05, 0) is 0 Å². The van der Waals surface area contributed by atoms with Gasteiger partial charge in [-0.15, -0.1) is 0 Å². The summed E-state index contributed by atoms with van der Waals surface area (Å²) in [6.45, 7) is 0. The summed E-state index contributed by atoms with van der Waals surface area (Å²) in [6, 6.07) is 0. The Morgan fingerprint density at radius 2 is 2.27 bits per heavy atom. The lowest BCUT2D eigenvalue weighted by atomic mass is 10.3. The molecule has 0 radical (unpaired) electrons. The first-order chi connectivity index (χ1) is 5.13. The van der Waals surface area contributed by atoms with Crippen molar-refractivity contribution in [2.45, 2.75) is 12.5 Å². The van der Waals surface area contributed by atoms with E-state index in [1.807, 2.05) is 0 Å². The molecule has 3 nitrogen and oxygen atoms in total. The Labute approximate surface area is 62.3 Å². The van der Waals surface area contributed by atoms with Gasteiger partial charge in [0.05, 0.1) is 18.2 Å². The summed E-state index contributed by atoms with van der Waals surface area (Å²) in [5.74, 6) is 0. The monoisotopic (exact) mass is 162 g/mol. The number of rotatable bonds is 2. The molecule has 0 aliphatic rings. The second-order valence-corrected chi connectivity index (χ2v) is 2.21. The number of nitrogens with zero attached hydrogens (tertiary/aromatic N) is 2. The molecular formula is C6H8F2N2O. The van der Waals surface area contributed by atoms with Crippen LogP contribution in [0.3, 0.4) is 0 Å². The highest BCUT2D eigenvalue weighted by molar-refractivity contribution is 5.02. The van der Waals surface area contributed by atoms with Gasteiger partial charge in [-0.1, -0.05) is 0 Å². The molecule has 11 heavy (non-hydrogen) atoms. The van der Waals surface area contributed by atoms with Crippen LogP contribution in [-0.2, 0) is 7.05 Å². The van der Waals surface area contributed by atoms with Crippen molar-refractivity contribution in [1.29, 1.82) is 0 Å². The van der Waals surface area contributed by atoms with E-state index in [9.17, 15) is 8.78 Å². The lowest BCUT2D eigenvalue weighted by molar-refractivity contribution is -0.00974. The van der Waals surface area contributed by atoms with Crippen LogP contribution in [0.5, 0.6) is 0 Å². The average Bonchev–Trinajstić information content (AvgIpc) is 2.33. The molecule has 0 spiro atoms. The summed E-state index contributed by atoms with van der Waals surface area (Å²) in [7, 11) is 1.55. The third-order valence-corrected chi connectivity index (χ3v) is 1.40. The molecule has 1 heterocycles. The molecule has 0 saturated heterocycles. The number of alkyl halides is 2. The third-order valence-electron chi connectivity index (χ3n) is 1.40. The normalized spacial score (nSPS) is 13.9. The maximum atomic E-state index is 11.9. The number of imidazole rings is 1. The van der Waals surface area contributed by atoms with Gasteiger partial charge >= 0.3 is 0 Å². The fraction of sp³-hybridized carbons (Fsp3) is 0.500. The van der Waals surface area contributed by atoms with Crippen molar-refractivity contribution in [3.8, 4) is 0 Å². The molecule has 1 unspecified atom stereocenters. The van der Waals surface area contributed by atoms with Gasteiger partial charge in [0.25, 0.3) is 6.43 Å². The van der Waals surface area contributed by atoms with Gasteiger partial charge in [-0.2, -0.15) is 0 Å². The van der Waals surface area contributed by atoms with Gasteiger partial charge in [-0.3, -0.25) is 0 Å². The first kappa shape index (κ1) is 8.13. The quantitative estimate of drug-likeness (QED) is 0.695. The molecular weight excluding hydrogens is 154 g/mol. The zero-order valence-electron chi connectivity index (χ0n) is 5.91. The maximum Gasteiger partial charge on any atom is 0.269 e. The standard InChI is InChI=1S/C6H8F2N2O/c1-10-3-9-2-4(10)5(11)6(7)8/h2-3,5-6,11H,1H3. The summed E-state index contributed by atoms with van der Waals surface area (Å²) < 4.78 is 25.1. The number of aryl methyl sites for hydroxylation is 1. The highest BCUT2D eigenvalue weighted by Crippen LogP contribution is 2.18. The molecule has 5 heteroatoms. The van der Waals surface area contributed by atoms with Crippen LogP contribution in [0.1, 0.15) is 11.8 Å². The Morgan fingerprint density at radius 3 is 2.64 bits per heavy atom. The van der Waals surface area contributed by atoms with Crippen LogP contribution in [0, 0.1) is 0 Å². The van der Waals surface area contributed by atoms with E-state index in [0.717, 1.165) is 0 Å². The smallest absolute Gasteiger partial charge is 0.269 e. The van der Waals surface area contributed by atoms with Crippen molar-refractivity contribution in [3.63, 3.8) is 0 Å². The van der Waals surface area contributed by atoms with Crippen molar-refractivity contribution in [2.24, 2.45) is 7.05 Å². The van der Waals surface area contributed by atoms with Gasteiger partial charge < -0.3 is 9.67 Å². The number of aliphatic hydroxyl groups excluding tert-OH is 1. The maximum absolute atomic E-state index is 11.9. The van der Waals surface area contributed by atoms with Crippen LogP contribution in [0.15, 0.2) is 12.5 Å². The topological polar surface area (TPSA) is 38.0 Å². The van der Waals surface area contributed by atoms with Crippen LogP contribution in [0.4, 0.5) is 8.78 Å². The lowest BCUT2D eigenvalue weighted by Gasteiger charge is -2.08. The Kier molecular flexibility index (Phi) is 2.19. The SMILES string of the molecule is Cn1cncc1C(O)C(F)F. The first-order valence-electron chi connectivity index (χ1n) is 3.05. The molecule has 1 atom stereocenters. The van der Waals surface area contributed by atoms with Gasteiger partial charge in [-0.25, -0.2) is 13.8 Å². The number of hydrogen-bond donors (Lipinski definition) is 1. The lowest BCUT2D eigenvalue weighted by Crippen LogP contribution is -2.11. The molecule has 0 aromatic carbocycles. The van der Waals surface area contributed by atoms with Crippen LogP contribution in [0.2, 0.25) is 0 Å². The summed E-state index contributed by atoms with van der Waals surface area (Å²) in [4.78, 5) is 3.59. The van der Waals surface area contributed by atoms with Crippen molar-refractivity contribution in [3.05, 3.63) is 18.2 Å². The third kappa shape index (κ3) is 1.54. The van der Waals surface area contributed by atoms with Crippen LogP contribution in [-0.4, -0.2) is 21.1 Å². The zero-order valence-corrected chi connectivity index (χ0v) is 5.91. The van der Waals surface area contributed by atoms with E-state index >= 15 is 0 Å². The molecule has 0 aliphatic carbocycles. The van der Waals surface area contributed by atoms with E-state index in [-0.39, 0.29) is 5.69 Å². The number of aromatic nitrogens is 2. The summed E-state index contributed by atoms with van der Waals surface area (Å²) >= 11 is 0. The van der Waals surface area contributed by atoms with Crippen molar-refractivity contribution < 1.29 is 13.9 Å². The molecule has 62 valence electrons. The predicted octanol–water partition coefficient (Wildman–Crippen LogP) is 0.719. The van der Waals surface area contributed by atoms with E-state index in [2.05, 4.69) is 4.98 Å². The molecule has 0 fully saturated rings. The largest absolute Gasteiger partial charge is 0.381 e. The number of aliphatic hydroxyl groups is 1. The summed E-state index contributed by atoms with van der Waals surface area (Å²) in [5.41, 5.74) is 0.125. The molecule has 1 aromatic rings. The molecule has 1 aromatic heterocycles. The van der Waals surface area contributed by atoms with E-state index in [4.69, 9.17) is 5.11 Å². The molecule has 0 amide bonds. The second-order valence-electron chi connectivity index (χ2n) is 2.21. The number of halogens is 2. The zero-order chi connectivity index (χ0) is 8.43. The fourth-order valence-corrected chi connectivity index (χ4v) is 0.782. The second kappa shape index (κ2) is 2.96. The molecule has 0 aliphatic heterocycles. The van der Waals surface area contributed by atoms with E-state index in [1.165, 1.54) is 17.1 Å². The summed E-state index contributed by atoms with van der Waals surface area (Å²) in [6.07, 6.45) is -1.91. The Morgan fingerprint density at radius 1 is 1.64 bits per heavy atom. The van der Waals surface area contributed by atoms with Gasteiger partial charge in [0.1, 0.15) is 0 Å².